The molecule has 2 nitrogen and oxygen atoms in total. The number of aryl methyl sites for hydroxylation is 1. The fourth-order valence-corrected chi connectivity index (χ4v) is 4.20. The molecule has 2 atom stereocenters. The maximum atomic E-state index is 4.92. The van der Waals surface area contributed by atoms with E-state index in [9.17, 15) is 0 Å². The first-order chi connectivity index (χ1) is 7.93. The van der Waals surface area contributed by atoms with Crippen molar-refractivity contribution in [1.82, 2.24) is 4.90 Å². The summed E-state index contributed by atoms with van der Waals surface area (Å²) in [6.07, 6.45) is 2.50. The summed E-state index contributed by atoms with van der Waals surface area (Å²) < 4.78 is 0. The van der Waals surface area contributed by atoms with E-state index >= 15 is 0 Å². The number of rotatable bonds is 0. The molecule has 1 aliphatic carbocycles. The van der Waals surface area contributed by atoms with Crippen molar-refractivity contribution in [2.24, 2.45) is 4.99 Å². The summed E-state index contributed by atoms with van der Waals surface area (Å²) >= 11 is 1.93. The van der Waals surface area contributed by atoms with Gasteiger partial charge >= 0.3 is 0 Å². The summed E-state index contributed by atoms with van der Waals surface area (Å²) in [5.41, 5.74) is 2.99. The average molecular weight is 230 g/mol. The Morgan fingerprint density at radius 3 is 3.25 bits per heavy atom. The first-order valence-electron chi connectivity index (χ1n) is 5.98. The van der Waals surface area contributed by atoms with Gasteiger partial charge in [-0.15, -0.1) is 0 Å². The second kappa shape index (κ2) is 3.27. The average Bonchev–Trinajstić information content (AvgIpc) is 2.88. The summed E-state index contributed by atoms with van der Waals surface area (Å²) in [4.78, 5) is 7.45. The third kappa shape index (κ3) is 1.12. The van der Waals surface area contributed by atoms with E-state index in [2.05, 4.69) is 29.2 Å². The SMILES string of the molecule is c1ccc2c(c1)CC[C@@H]1[C@@H]2N=C2SCCN21. The smallest absolute Gasteiger partial charge is 0.160 e. The molecule has 4 rings (SSSR count). The van der Waals surface area contributed by atoms with Crippen molar-refractivity contribution in [3.05, 3.63) is 35.4 Å². The zero-order valence-corrected chi connectivity index (χ0v) is 9.91. The van der Waals surface area contributed by atoms with Gasteiger partial charge in [-0.1, -0.05) is 36.0 Å². The van der Waals surface area contributed by atoms with Crippen molar-refractivity contribution in [2.75, 3.05) is 12.3 Å². The second-order valence-corrected chi connectivity index (χ2v) is 5.77. The first kappa shape index (κ1) is 9.11. The van der Waals surface area contributed by atoms with Gasteiger partial charge in [-0.3, -0.25) is 4.99 Å². The molecule has 2 aliphatic heterocycles. The van der Waals surface area contributed by atoms with Crippen LogP contribution < -0.4 is 0 Å². The monoisotopic (exact) mass is 230 g/mol. The fraction of sp³-hybridized carbons (Fsp3) is 0.462. The Balaban J connectivity index is 1.81. The minimum absolute atomic E-state index is 0.424. The molecule has 0 N–H and O–H groups in total. The minimum atomic E-state index is 0.424. The Morgan fingerprint density at radius 2 is 2.25 bits per heavy atom. The number of hydrogen-bond acceptors (Lipinski definition) is 3. The Labute approximate surface area is 99.7 Å². The third-order valence-corrected chi connectivity index (χ3v) is 4.89. The van der Waals surface area contributed by atoms with Crippen LogP contribution in [0.5, 0.6) is 0 Å². The Morgan fingerprint density at radius 1 is 1.31 bits per heavy atom. The highest BCUT2D eigenvalue weighted by molar-refractivity contribution is 8.14. The molecule has 0 amide bonds. The molecule has 1 aromatic carbocycles. The number of benzene rings is 1. The molecule has 82 valence electrons. The summed E-state index contributed by atoms with van der Waals surface area (Å²) in [7, 11) is 0. The summed E-state index contributed by atoms with van der Waals surface area (Å²) in [6, 6.07) is 9.91. The standard InChI is InChI=1S/C13H14N2S/c1-2-4-10-9(3-1)5-6-11-12(10)14-13-15(11)7-8-16-13/h1-4,11-12H,5-8H2/t11-,12-/m1/s1. The van der Waals surface area contributed by atoms with Crippen LogP contribution in [-0.4, -0.2) is 28.4 Å². The molecule has 0 saturated carbocycles. The molecule has 0 unspecified atom stereocenters. The van der Waals surface area contributed by atoms with Gasteiger partial charge in [0.15, 0.2) is 5.17 Å². The van der Waals surface area contributed by atoms with Gasteiger partial charge in [0.2, 0.25) is 0 Å². The molecular weight excluding hydrogens is 216 g/mol. The van der Waals surface area contributed by atoms with Crippen LogP contribution in [0.15, 0.2) is 29.3 Å². The van der Waals surface area contributed by atoms with Gasteiger partial charge < -0.3 is 4.90 Å². The predicted octanol–water partition coefficient (Wildman–Crippen LogP) is 2.46. The molecule has 2 heterocycles. The lowest BCUT2D eigenvalue weighted by atomic mass is 9.84. The molecule has 3 aliphatic rings. The minimum Gasteiger partial charge on any atom is -0.345 e. The van der Waals surface area contributed by atoms with Crippen molar-refractivity contribution < 1.29 is 0 Å². The van der Waals surface area contributed by atoms with Crippen LogP contribution in [0.4, 0.5) is 0 Å². The summed E-state index contributed by atoms with van der Waals surface area (Å²) in [5, 5.41) is 1.30. The van der Waals surface area contributed by atoms with Crippen molar-refractivity contribution in [3.63, 3.8) is 0 Å². The number of fused-ring (bicyclic) bond motifs is 5. The topological polar surface area (TPSA) is 15.6 Å². The van der Waals surface area contributed by atoms with Crippen LogP contribution in [0.1, 0.15) is 23.6 Å². The van der Waals surface area contributed by atoms with E-state index in [0.29, 0.717) is 12.1 Å². The molecule has 0 spiro atoms. The van der Waals surface area contributed by atoms with Crippen LogP contribution in [0.25, 0.3) is 0 Å². The van der Waals surface area contributed by atoms with E-state index in [1.807, 2.05) is 11.8 Å². The number of thioether (sulfide) groups is 1. The molecule has 0 radical (unpaired) electrons. The number of hydrogen-bond donors (Lipinski definition) is 0. The maximum absolute atomic E-state index is 4.92. The molecule has 1 saturated heterocycles. The van der Waals surface area contributed by atoms with E-state index in [1.54, 1.807) is 0 Å². The van der Waals surface area contributed by atoms with E-state index in [1.165, 1.54) is 41.4 Å². The van der Waals surface area contributed by atoms with Crippen LogP contribution in [-0.2, 0) is 6.42 Å². The van der Waals surface area contributed by atoms with Crippen molar-refractivity contribution in [3.8, 4) is 0 Å². The van der Waals surface area contributed by atoms with Crippen LogP contribution in [0, 0.1) is 0 Å². The number of aliphatic imine (C=N–C) groups is 1. The zero-order valence-electron chi connectivity index (χ0n) is 9.10. The van der Waals surface area contributed by atoms with Gasteiger partial charge in [0.1, 0.15) is 0 Å². The van der Waals surface area contributed by atoms with Gasteiger partial charge in [-0.2, -0.15) is 0 Å². The molecular formula is C13H14N2S. The predicted molar refractivity (Wildman–Crippen MR) is 67.9 cm³/mol. The lowest BCUT2D eigenvalue weighted by Gasteiger charge is -2.31. The summed E-state index contributed by atoms with van der Waals surface area (Å²) in [6.45, 7) is 1.20. The van der Waals surface area contributed by atoms with Crippen molar-refractivity contribution in [1.29, 1.82) is 0 Å². The van der Waals surface area contributed by atoms with Gasteiger partial charge in [-0.05, 0) is 24.0 Å². The highest BCUT2D eigenvalue weighted by atomic mass is 32.2. The largest absolute Gasteiger partial charge is 0.345 e. The maximum Gasteiger partial charge on any atom is 0.160 e. The lowest BCUT2D eigenvalue weighted by Crippen LogP contribution is -2.36. The lowest BCUT2D eigenvalue weighted by molar-refractivity contribution is 0.297. The number of nitrogens with zero attached hydrogens (tertiary/aromatic N) is 2. The molecule has 1 fully saturated rings. The third-order valence-electron chi connectivity index (χ3n) is 3.91. The zero-order chi connectivity index (χ0) is 10.5. The van der Waals surface area contributed by atoms with Crippen molar-refractivity contribution >= 4 is 16.9 Å². The Bertz CT molecular complexity index is 469. The quantitative estimate of drug-likeness (QED) is 0.680. The van der Waals surface area contributed by atoms with Gasteiger partial charge in [0.05, 0.1) is 12.1 Å². The molecule has 3 heteroatoms. The van der Waals surface area contributed by atoms with E-state index < -0.39 is 0 Å². The van der Waals surface area contributed by atoms with Crippen LogP contribution in [0.2, 0.25) is 0 Å². The van der Waals surface area contributed by atoms with Gasteiger partial charge in [0.25, 0.3) is 0 Å². The molecule has 1 aromatic rings. The fourth-order valence-electron chi connectivity index (χ4n) is 3.15. The highest BCUT2D eigenvalue weighted by Crippen LogP contribution is 2.43. The molecule has 0 bridgehead atoms. The van der Waals surface area contributed by atoms with E-state index in [4.69, 9.17) is 4.99 Å². The normalized spacial score (nSPS) is 30.8. The number of amidine groups is 1. The van der Waals surface area contributed by atoms with Crippen molar-refractivity contribution in [2.45, 2.75) is 24.9 Å². The first-order valence-corrected chi connectivity index (χ1v) is 6.97. The highest BCUT2D eigenvalue weighted by Gasteiger charge is 2.42. The Kier molecular flexibility index (Phi) is 1.86. The molecule has 16 heavy (non-hydrogen) atoms. The molecule has 0 aromatic heterocycles. The Hall–Kier alpha value is -0.960. The second-order valence-electron chi connectivity index (χ2n) is 4.70. The van der Waals surface area contributed by atoms with E-state index in [-0.39, 0.29) is 0 Å². The van der Waals surface area contributed by atoms with Gasteiger partial charge in [0, 0.05) is 12.3 Å². The summed E-state index contributed by atoms with van der Waals surface area (Å²) in [5.74, 6) is 1.23. The van der Waals surface area contributed by atoms with E-state index in [0.717, 1.165) is 0 Å². The van der Waals surface area contributed by atoms with Crippen LogP contribution >= 0.6 is 11.8 Å². The van der Waals surface area contributed by atoms with Crippen LogP contribution in [0.3, 0.4) is 0 Å². The van der Waals surface area contributed by atoms with Gasteiger partial charge in [-0.25, -0.2) is 0 Å².